The number of hydrogen-bond donors (Lipinski definition) is 1. The summed E-state index contributed by atoms with van der Waals surface area (Å²) in [6, 6.07) is 11.2. The molecule has 1 aromatic heterocycles. The molecule has 0 bridgehead atoms. The van der Waals surface area contributed by atoms with E-state index in [0.29, 0.717) is 26.6 Å². The first-order valence-electron chi connectivity index (χ1n) is 7.59. The first-order valence-corrected chi connectivity index (χ1v) is 8.76. The molecule has 0 aliphatic carbocycles. The highest BCUT2D eigenvalue weighted by Crippen LogP contribution is 2.26. The number of nitrogens with one attached hydrogen (secondary N) is 1. The van der Waals surface area contributed by atoms with Crippen molar-refractivity contribution in [2.24, 2.45) is 0 Å². The Kier molecular flexibility index (Phi) is 5.58. The first kappa shape index (κ1) is 18.4. The molecule has 2 aromatic carbocycles. The summed E-state index contributed by atoms with van der Waals surface area (Å²) in [6.45, 7) is 0.238. The van der Waals surface area contributed by atoms with Crippen LogP contribution in [0.4, 0.5) is 10.2 Å². The van der Waals surface area contributed by atoms with Gasteiger partial charge in [0.15, 0.2) is 5.82 Å². The Hall–Kier alpha value is -2.38. The molecule has 0 aliphatic heterocycles. The minimum atomic E-state index is -0.416. The lowest BCUT2D eigenvalue weighted by Gasteiger charge is -2.08. The fraction of sp³-hybridized carbons (Fsp3) is 0.111. The summed E-state index contributed by atoms with van der Waals surface area (Å²) in [7, 11) is 1.47. The maximum atomic E-state index is 13.8. The number of rotatable bonds is 5. The summed E-state index contributed by atoms with van der Waals surface area (Å²) < 4.78 is 21.1. The maximum Gasteiger partial charge on any atom is 0.260 e. The van der Waals surface area contributed by atoms with Crippen molar-refractivity contribution >= 4 is 39.3 Å². The lowest BCUT2D eigenvalue weighted by atomic mass is 10.2. The smallest absolute Gasteiger partial charge is 0.260 e. The topological polar surface area (TPSA) is 56.1 Å². The molecule has 0 saturated heterocycles. The normalized spacial score (nSPS) is 10.6. The fourth-order valence-corrected chi connectivity index (χ4v) is 2.98. The van der Waals surface area contributed by atoms with Crippen LogP contribution in [0.3, 0.4) is 0 Å². The summed E-state index contributed by atoms with van der Waals surface area (Å²) in [5.74, 6) is -0.0169. The van der Waals surface area contributed by atoms with Gasteiger partial charge in [-0.1, -0.05) is 29.8 Å². The van der Waals surface area contributed by atoms with Crippen LogP contribution in [0, 0.1) is 5.82 Å². The Labute approximate surface area is 162 Å². The minimum Gasteiger partial charge on any atom is -0.496 e. The van der Waals surface area contributed by atoms with Gasteiger partial charge in [-0.15, -0.1) is 0 Å². The number of carbonyl (C=O) groups excluding carboxylic acids is 1. The molecule has 0 fully saturated rings. The maximum absolute atomic E-state index is 13.8. The Bertz CT molecular complexity index is 961. The second-order valence-electron chi connectivity index (χ2n) is 5.41. The van der Waals surface area contributed by atoms with Crippen molar-refractivity contribution in [2.45, 2.75) is 6.54 Å². The predicted molar refractivity (Wildman–Crippen MR) is 101 cm³/mol. The van der Waals surface area contributed by atoms with Crippen LogP contribution in [-0.4, -0.2) is 22.8 Å². The van der Waals surface area contributed by atoms with Gasteiger partial charge in [0.25, 0.3) is 5.91 Å². The van der Waals surface area contributed by atoms with E-state index in [1.54, 1.807) is 36.5 Å². The number of ether oxygens (including phenoxy) is 1. The van der Waals surface area contributed by atoms with Gasteiger partial charge in [0.2, 0.25) is 0 Å². The average Bonchev–Trinajstić information content (AvgIpc) is 2.96. The van der Waals surface area contributed by atoms with E-state index in [1.807, 2.05) is 0 Å². The van der Waals surface area contributed by atoms with Gasteiger partial charge in [-0.2, -0.15) is 5.10 Å². The second kappa shape index (κ2) is 7.88. The summed E-state index contributed by atoms with van der Waals surface area (Å²) in [4.78, 5) is 12.5. The third-order valence-corrected chi connectivity index (χ3v) is 4.46. The van der Waals surface area contributed by atoms with Gasteiger partial charge in [-0.25, -0.2) is 4.39 Å². The molecule has 1 heterocycles. The van der Waals surface area contributed by atoms with Gasteiger partial charge in [0.05, 0.1) is 23.7 Å². The van der Waals surface area contributed by atoms with E-state index >= 15 is 0 Å². The molecule has 8 heteroatoms. The van der Waals surface area contributed by atoms with Crippen LogP contribution < -0.4 is 10.1 Å². The van der Waals surface area contributed by atoms with E-state index in [2.05, 4.69) is 26.3 Å². The molecule has 0 spiro atoms. The summed E-state index contributed by atoms with van der Waals surface area (Å²) in [5, 5.41) is 7.40. The van der Waals surface area contributed by atoms with Crippen molar-refractivity contribution in [3.05, 3.63) is 75.1 Å². The van der Waals surface area contributed by atoms with E-state index in [-0.39, 0.29) is 17.9 Å². The molecule has 3 rings (SSSR count). The van der Waals surface area contributed by atoms with Crippen LogP contribution >= 0.6 is 27.5 Å². The molecule has 0 atom stereocenters. The summed E-state index contributed by atoms with van der Waals surface area (Å²) >= 11 is 9.31. The molecule has 3 aromatic rings. The zero-order chi connectivity index (χ0) is 18.7. The SMILES string of the molecule is COc1ccc(Cl)cc1C(=O)Nc1nn(Cc2ccccc2F)cc1Br. The van der Waals surface area contributed by atoms with Crippen LogP contribution in [-0.2, 0) is 6.54 Å². The van der Waals surface area contributed by atoms with E-state index in [4.69, 9.17) is 16.3 Å². The van der Waals surface area contributed by atoms with E-state index in [9.17, 15) is 9.18 Å². The molecular weight excluding hydrogens is 425 g/mol. The number of halogens is 3. The van der Waals surface area contributed by atoms with Crippen LogP contribution in [0.2, 0.25) is 5.02 Å². The second-order valence-corrected chi connectivity index (χ2v) is 6.70. The zero-order valence-electron chi connectivity index (χ0n) is 13.7. The molecule has 5 nitrogen and oxygen atoms in total. The van der Waals surface area contributed by atoms with Crippen LogP contribution in [0.15, 0.2) is 53.1 Å². The predicted octanol–water partition coefficient (Wildman–Crippen LogP) is 4.75. The van der Waals surface area contributed by atoms with E-state index in [0.717, 1.165) is 0 Å². The van der Waals surface area contributed by atoms with Crippen LogP contribution in [0.1, 0.15) is 15.9 Å². The van der Waals surface area contributed by atoms with Crippen LogP contribution in [0.5, 0.6) is 5.75 Å². The van der Waals surface area contributed by atoms with Gasteiger partial charge in [-0.05, 0) is 40.2 Å². The van der Waals surface area contributed by atoms with Crippen molar-refractivity contribution in [3.63, 3.8) is 0 Å². The lowest BCUT2D eigenvalue weighted by molar-refractivity contribution is 0.102. The number of amides is 1. The lowest BCUT2D eigenvalue weighted by Crippen LogP contribution is -2.14. The van der Waals surface area contributed by atoms with Gasteiger partial charge in [-0.3, -0.25) is 9.48 Å². The van der Waals surface area contributed by atoms with E-state index < -0.39 is 5.91 Å². The number of hydrogen-bond acceptors (Lipinski definition) is 3. The monoisotopic (exact) mass is 437 g/mol. The molecule has 0 unspecified atom stereocenters. The average molecular weight is 439 g/mol. The highest BCUT2D eigenvalue weighted by atomic mass is 79.9. The van der Waals surface area contributed by atoms with Crippen molar-refractivity contribution in [1.29, 1.82) is 0 Å². The highest BCUT2D eigenvalue weighted by Gasteiger charge is 2.17. The third kappa shape index (κ3) is 4.05. The quantitative estimate of drug-likeness (QED) is 0.625. The number of nitrogens with zero attached hydrogens (tertiary/aromatic N) is 2. The number of methoxy groups -OCH3 is 1. The molecule has 0 saturated carbocycles. The Morgan fingerprint density at radius 2 is 2.12 bits per heavy atom. The summed E-state index contributed by atoms with van der Waals surface area (Å²) in [6.07, 6.45) is 1.66. The van der Waals surface area contributed by atoms with Crippen molar-refractivity contribution in [1.82, 2.24) is 9.78 Å². The molecule has 0 aliphatic rings. The molecule has 1 N–H and O–H groups in total. The van der Waals surface area contributed by atoms with Gasteiger partial charge < -0.3 is 10.1 Å². The number of aromatic nitrogens is 2. The van der Waals surface area contributed by atoms with Gasteiger partial charge in [0, 0.05) is 16.8 Å². The molecular formula is C18H14BrClFN3O2. The first-order chi connectivity index (χ1) is 12.5. The number of carbonyl (C=O) groups is 1. The van der Waals surface area contributed by atoms with Crippen molar-refractivity contribution in [2.75, 3.05) is 12.4 Å². The molecule has 1 amide bonds. The molecule has 0 radical (unpaired) electrons. The van der Waals surface area contributed by atoms with Crippen LogP contribution in [0.25, 0.3) is 0 Å². The van der Waals surface area contributed by atoms with Crippen molar-refractivity contribution in [3.8, 4) is 5.75 Å². The van der Waals surface area contributed by atoms with Crippen molar-refractivity contribution < 1.29 is 13.9 Å². The Morgan fingerprint density at radius 1 is 1.35 bits per heavy atom. The number of benzene rings is 2. The Morgan fingerprint density at radius 3 is 2.85 bits per heavy atom. The number of anilines is 1. The summed E-state index contributed by atoms with van der Waals surface area (Å²) in [5.41, 5.74) is 0.785. The standard InChI is InChI=1S/C18H14BrClFN3O2/c1-26-16-7-6-12(20)8-13(16)18(25)22-17-14(19)10-24(23-17)9-11-4-2-3-5-15(11)21/h2-8,10H,9H2,1H3,(H,22,23,25). The minimum absolute atomic E-state index is 0.238. The molecule has 26 heavy (non-hydrogen) atoms. The zero-order valence-corrected chi connectivity index (χ0v) is 16.0. The van der Waals surface area contributed by atoms with Gasteiger partial charge >= 0.3 is 0 Å². The fourth-order valence-electron chi connectivity index (χ4n) is 2.40. The molecule has 134 valence electrons. The Balaban J connectivity index is 1.81. The van der Waals surface area contributed by atoms with E-state index in [1.165, 1.54) is 23.9 Å². The van der Waals surface area contributed by atoms with Gasteiger partial charge in [0.1, 0.15) is 11.6 Å². The highest BCUT2D eigenvalue weighted by molar-refractivity contribution is 9.10. The largest absolute Gasteiger partial charge is 0.496 e. The third-order valence-electron chi connectivity index (χ3n) is 3.65.